The fourth-order valence-corrected chi connectivity index (χ4v) is 2.54. The molecule has 0 aliphatic heterocycles. The van der Waals surface area contributed by atoms with Crippen LogP contribution in [0.3, 0.4) is 0 Å². The van der Waals surface area contributed by atoms with Crippen molar-refractivity contribution in [1.29, 1.82) is 0 Å². The second-order valence-corrected chi connectivity index (χ2v) is 5.16. The zero-order chi connectivity index (χ0) is 13.0. The van der Waals surface area contributed by atoms with Gasteiger partial charge in [0.15, 0.2) is 0 Å². The highest BCUT2D eigenvalue weighted by molar-refractivity contribution is 5.48. The number of hydrogen-bond donors (Lipinski definition) is 2. The molecular weight excluding hydrogens is 226 g/mol. The SMILES string of the molecule is Cc1nc2c(c(NC(C)CCCO)n1)CCCC2. The minimum absolute atomic E-state index is 0.257. The molecule has 0 saturated heterocycles. The number of aliphatic hydroxyl groups excluding tert-OH is 1. The Balaban J connectivity index is 2.13. The van der Waals surface area contributed by atoms with E-state index in [-0.39, 0.29) is 6.61 Å². The van der Waals surface area contributed by atoms with Crippen molar-refractivity contribution in [2.45, 2.75) is 58.4 Å². The van der Waals surface area contributed by atoms with E-state index in [2.05, 4.69) is 22.2 Å². The van der Waals surface area contributed by atoms with Gasteiger partial charge in [-0.3, -0.25) is 0 Å². The summed E-state index contributed by atoms with van der Waals surface area (Å²) in [5.74, 6) is 1.87. The summed E-state index contributed by atoms with van der Waals surface area (Å²) in [4.78, 5) is 9.10. The van der Waals surface area contributed by atoms with Crippen LogP contribution in [-0.2, 0) is 12.8 Å². The van der Waals surface area contributed by atoms with E-state index in [0.717, 1.165) is 37.3 Å². The summed E-state index contributed by atoms with van der Waals surface area (Å²) in [7, 11) is 0. The van der Waals surface area contributed by atoms with Gasteiger partial charge in [0.05, 0.1) is 0 Å². The lowest BCUT2D eigenvalue weighted by Crippen LogP contribution is -2.20. The number of rotatable bonds is 5. The number of hydrogen-bond acceptors (Lipinski definition) is 4. The van der Waals surface area contributed by atoms with Crippen LogP contribution in [0.15, 0.2) is 0 Å². The highest BCUT2D eigenvalue weighted by Gasteiger charge is 2.17. The van der Waals surface area contributed by atoms with Crippen molar-refractivity contribution in [2.24, 2.45) is 0 Å². The van der Waals surface area contributed by atoms with Crippen LogP contribution in [0, 0.1) is 6.92 Å². The second-order valence-electron chi connectivity index (χ2n) is 5.16. The molecule has 2 rings (SSSR count). The molecule has 1 aromatic heterocycles. The average Bonchev–Trinajstić information content (AvgIpc) is 2.36. The van der Waals surface area contributed by atoms with E-state index in [1.807, 2.05) is 6.92 Å². The van der Waals surface area contributed by atoms with Gasteiger partial charge in [-0.1, -0.05) is 0 Å². The van der Waals surface area contributed by atoms with E-state index < -0.39 is 0 Å². The third-order valence-electron chi connectivity index (χ3n) is 3.47. The third kappa shape index (κ3) is 3.19. The smallest absolute Gasteiger partial charge is 0.133 e. The first-order valence-electron chi connectivity index (χ1n) is 6.94. The molecule has 1 atom stereocenters. The second kappa shape index (κ2) is 6.14. The minimum Gasteiger partial charge on any atom is -0.396 e. The summed E-state index contributed by atoms with van der Waals surface area (Å²) in [5, 5.41) is 12.3. The van der Waals surface area contributed by atoms with Gasteiger partial charge in [-0.05, 0) is 52.4 Å². The Bertz CT molecular complexity index is 406. The average molecular weight is 249 g/mol. The van der Waals surface area contributed by atoms with Crippen molar-refractivity contribution in [3.05, 3.63) is 17.1 Å². The van der Waals surface area contributed by atoms with Crippen molar-refractivity contribution in [2.75, 3.05) is 11.9 Å². The Morgan fingerprint density at radius 1 is 1.28 bits per heavy atom. The molecule has 0 spiro atoms. The fraction of sp³-hybridized carbons (Fsp3) is 0.714. The maximum absolute atomic E-state index is 8.86. The molecule has 0 fully saturated rings. The van der Waals surface area contributed by atoms with Crippen LogP contribution >= 0.6 is 0 Å². The van der Waals surface area contributed by atoms with Gasteiger partial charge in [0, 0.05) is 23.9 Å². The highest BCUT2D eigenvalue weighted by atomic mass is 16.2. The van der Waals surface area contributed by atoms with Gasteiger partial charge < -0.3 is 10.4 Å². The molecule has 100 valence electrons. The molecule has 4 nitrogen and oxygen atoms in total. The number of aromatic nitrogens is 2. The van der Waals surface area contributed by atoms with E-state index in [1.54, 1.807) is 0 Å². The first kappa shape index (κ1) is 13.3. The van der Waals surface area contributed by atoms with Gasteiger partial charge in [-0.2, -0.15) is 0 Å². The number of nitrogens with zero attached hydrogens (tertiary/aromatic N) is 2. The Morgan fingerprint density at radius 3 is 2.83 bits per heavy atom. The first-order valence-corrected chi connectivity index (χ1v) is 6.94. The van der Waals surface area contributed by atoms with E-state index in [0.29, 0.717) is 6.04 Å². The third-order valence-corrected chi connectivity index (χ3v) is 3.47. The van der Waals surface area contributed by atoms with Crippen molar-refractivity contribution in [1.82, 2.24) is 9.97 Å². The normalized spacial score (nSPS) is 16.2. The Hall–Kier alpha value is -1.16. The van der Waals surface area contributed by atoms with Crippen molar-refractivity contribution < 1.29 is 5.11 Å². The monoisotopic (exact) mass is 249 g/mol. The van der Waals surface area contributed by atoms with Crippen LogP contribution in [0.5, 0.6) is 0 Å². The maximum atomic E-state index is 8.86. The summed E-state index contributed by atoms with van der Waals surface area (Å²) < 4.78 is 0. The van der Waals surface area contributed by atoms with Crippen LogP contribution in [-0.4, -0.2) is 27.7 Å². The molecule has 18 heavy (non-hydrogen) atoms. The van der Waals surface area contributed by atoms with Gasteiger partial charge in [0.2, 0.25) is 0 Å². The zero-order valence-electron chi connectivity index (χ0n) is 11.4. The molecule has 1 aromatic rings. The van der Waals surface area contributed by atoms with Crippen LogP contribution in [0.2, 0.25) is 0 Å². The van der Waals surface area contributed by atoms with Crippen molar-refractivity contribution in [3.63, 3.8) is 0 Å². The largest absolute Gasteiger partial charge is 0.396 e. The lowest BCUT2D eigenvalue weighted by atomic mass is 9.96. The van der Waals surface area contributed by atoms with Crippen molar-refractivity contribution >= 4 is 5.82 Å². The van der Waals surface area contributed by atoms with E-state index in [4.69, 9.17) is 5.11 Å². The van der Waals surface area contributed by atoms with Crippen molar-refractivity contribution in [3.8, 4) is 0 Å². The van der Waals surface area contributed by atoms with Gasteiger partial charge >= 0.3 is 0 Å². The highest BCUT2D eigenvalue weighted by Crippen LogP contribution is 2.26. The topological polar surface area (TPSA) is 58.0 Å². The number of aliphatic hydroxyl groups is 1. The molecule has 1 aliphatic carbocycles. The summed E-state index contributed by atoms with van der Waals surface area (Å²) in [6.07, 6.45) is 6.44. The fourth-order valence-electron chi connectivity index (χ4n) is 2.54. The molecular formula is C14H23N3O. The van der Waals surface area contributed by atoms with Crippen LogP contribution in [0.1, 0.15) is 49.7 Å². The Kier molecular flexibility index (Phi) is 4.53. The Labute approximate surface area is 109 Å². The van der Waals surface area contributed by atoms with E-state index in [9.17, 15) is 0 Å². The molecule has 1 aliphatic rings. The number of nitrogens with one attached hydrogen (secondary N) is 1. The summed E-state index contributed by atoms with van der Waals surface area (Å²) in [5.41, 5.74) is 2.54. The lowest BCUT2D eigenvalue weighted by Gasteiger charge is -2.22. The molecule has 1 heterocycles. The molecule has 0 saturated carbocycles. The van der Waals surface area contributed by atoms with Crippen LogP contribution in [0.25, 0.3) is 0 Å². The lowest BCUT2D eigenvalue weighted by molar-refractivity contribution is 0.282. The van der Waals surface area contributed by atoms with Crippen LogP contribution in [0.4, 0.5) is 5.82 Å². The minimum atomic E-state index is 0.257. The maximum Gasteiger partial charge on any atom is 0.133 e. The van der Waals surface area contributed by atoms with Gasteiger partial charge in [-0.15, -0.1) is 0 Å². The van der Waals surface area contributed by atoms with Gasteiger partial charge in [0.25, 0.3) is 0 Å². The molecule has 0 bridgehead atoms. The molecule has 1 unspecified atom stereocenters. The molecule has 2 N–H and O–H groups in total. The summed E-state index contributed by atoms with van der Waals surface area (Å²) in [6.45, 7) is 4.35. The first-order chi connectivity index (χ1) is 8.70. The predicted molar refractivity (Wildman–Crippen MR) is 72.8 cm³/mol. The van der Waals surface area contributed by atoms with Gasteiger partial charge in [-0.25, -0.2) is 9.97 Å². The standard InChI is InChI=1S/C14H23N3O/c1-10(6-5-9-18)15-14-12-7-3-4-8-13(12)16-11(2)17-14/h10,18H,3-9H2,1-2H3,(H,15,16,17). The zero-order valence-corrected chi connectivity index (χ0v) is 11.4. The molecule has 4 heteroatoms. The Morgan fingerprint density at radius 2 is 2.06 bits per heavy atom. The van der Waals surface area contributed by atoms with Crippen LogP contribution < -0.4 is 5.32 Å². The molecule has 0 aromatic carbocycles. The number of aryl methyl sites for hydroxylation is 2. The number of anilines is 1. The summed E-state index contributed by atoms with van der Waals surface area (Å²) >= 11 is 0. The number of fused-ring (bicyclic) bond motifs is 1. The van der Waals surface area contributed by atoms with E-state index >= 15 is 0 Å². The molecule has 0 radical (unpaired) electrons. The predicted octanol–water partition coefficient (Wildman–Crippen LogP) is 2.24. The summed E-state index contributed by atoms with van der Waals surface area (Å²) in [6, 6.07) is 0.345. The quantitative estimate of drug-likeness (QED) is 0.840. The van der Waals surface area contributed by atoms with Gasteiger partial charge in [0.1, 0.15) is 11.6 Å². The van der Waals surface area contributed by atoms with E-state index in [1.165, 1.54) is 24.1 Å². The molecule has 0 amide bonds.